The Morgan fingerprint density at radius 1 is 1.25 bits per heavy atom. The lowest BCUT2D eigenvalue weighted by Crippen LogP contribution is -2.47. The van der Waals surface area contributed by atoms with Crippen molar-refractivity contribution in [2.75, 3.05) is 0 Å². The molecule has 1 saturated carbocycles. The van der Waals surface area contributed by atoms with Crippen LogP contribution in [0.1, 0.15) is 69.8 Å². The van der Waals surface area contributed by atoms with E-state index in [-0.39, 0.29) is 5.91 Å². The summed E-state index contributed by atoms with van der Waals surface area (Å²) in [4.78, 5) is 20.6. The van der Waals surface area contributed by atoms with Gasteiger partial charge in [0, 0.05) is 13.3 Å². The summed E-state index contributed by atoms with van der Waals surface area (Å²) in [6.45, 7) is 5.46. The van der Waals surface area contributed by atoms with E-state index in [0.717, 1.165) is 50.6 Å². The van der Waals surface area contributed by atoms with Crippen molar-refractivity contribution in [3.05, 3.63) is 17.4 Å². The molecule has 3 rings (SSSR count). The molecule has 1 aliphatic rings. The Hall–Kier alpha value is -2.18. The van der Waals surface area contributed by atoms with Crippen LogP contribution in [0.4, 0.5) is 0 Å². The van der Waals surface area contributed by atoms with Crippen LogP contribution in [0.2, 0.25) is 0 Å². The highest BCUT2D eigenvalue weighted by atomic mass is 16.5. The van der Waals surface area contributed by atoms with Gasteiger partial charge >= 0.3 is 0 Å². The van der Waals surface area contributed by atoms with E-state index >= 15 is 0 Å². The highest BCUT2D eigenvalue weighted by Crippen LogP contribution is 2.36. The van der Waals surface area contributed by atoms with E-state index in [1.165, 1.54) is 6.92 Å². The first-order valence-corrected chi connectivity index (χ1v) is 8.63. The van der Waals surface area contributed by atoms with E-state index in [4.69, 9.17) is 8.94 Å². The zero-order valence-electron chi connectivity index (χ0n) is 14.5. The molecule has 0 atom stereocenters. The van der Waals surface area contributed by atoms with Gasteiger partial charge in [-0.2, -0.15) is 4.98 Å². The first-order valence-electron chi connectivity index (χ1n) is 8.63. The Balaban J connectivity index is 1.92. The molecular weight excluding hydrogens is 308 g/mol. The van der Waals surface area contributed by atoms with Crippen LogP contribution in [-0.2, 0) is 16.8 Å². The fraction of sp³-hybridized carbons (Fsp3) is 0.647. The molecule has 0 aliphatic heterocycles. The molecule has 0 spiro atoms. The van der Waals surface area contributed by atoms with Gasteiger partial charge in [-0.1, -0.05) is 31.3 Å². The number of oxazole rings is 1. The molecule has 0 unspecified atom stereocenters. The van der Waals surface area contributed by atoms with Crippen LogP contribution < -0.4 is 5.32 Å². The van der Waals surface area contributed by atoms with Crippen molar-refractivity contribution >= 4 is 5.91 Å². The van der Waals surface area contributed by atoms with E-state index in [0.29, 0.717) is 23.4 Å². The van der Waals surface area contributed by atoms with Gasteiger partial charge in [-0.25, -0.2) is 4.98 Å². The van der Waals surface area contributed by atoms with Crippen LogP contribution in [0.5, 0.6) is 0 Å². The molecule has 130 valence electrons. The second kappa shape index (κ2) is 6.75. The molecule has 1 fully saturated rings. The average Bonchev–Trinajstić information content (AvgIpc) is 3.15. The zero-order chi connectivity index (χ0) is 17.2. The highest BCUT2D eigenvalue weighted by molar-refractivity contribution is 5.74. The number of nitrogens with one attached hydrogen (secondary N) is 1. The highest BCUT2D eigenvalue weighted by Gasteiger charge is 2.39. The first kappa shape index (κ1) is 16.7. The van der Waals surface area contributed by atoms with Gasteiger partial charge < -0.3 is 14.3 Å². The molecule has 7 nitrogen and oxygen atoms in total. The van der Waals surface area contributed by atoms with Crippen molar-refractivity contribution in [3.63, 3.8) is 0 Å². The van der Waals surface area contributed by atoms with Gasteiger partial charge in [0.15, 0.2) is 11.7 Å². The minimum atomic E-state index is -0.536. The van der Waals surface area contributed by atoms with Crippen LogP contribution in [0.25, 0.3) is 11.7 Å². The fourth-order valence-electron chi connectivity index (χ4n) is 3.38. The third-order valence-corrected chi connectivity index (χ3v) is 4.48. The Morgan fingerprint density at radius 2 is 2.00 bits per heavy atom. The summed E-state index contributed by atoms with van der Waals surface area (Å²) in [5.74, 6) is 1.97. The number of aryl methyl sites for hydroxylation is 2. The number of hydrogen-bond donors (Lipinski definition) is 1. The van der Waals surface area contributed by atoms with E-state index in [9.17, 15) is 4.79 Å². The minimum absolute atomic E-state index is 0.0793. The SMILES string of the molecule is CCCc1nc(C)c(-c2nc(C3(NC(C)=O)CCCCC3)no2)o1. The van der Waals surface area contributed by atoms with Crippen molar-refractivity contribution in [1.29, 1.82) is 0 Å². The van der Waals surface area contributed by atoms with Gasteiger partial charge in [0.2, 0.25) is 11.7 Å². The summed E-state index contributed by atoms with van der Waals surface area (Å²) < 4.78 is 11.2. The molecule has 1 aliphatic carbocycles. The van der Waals surface area contributed by atoms with Crippen molar-refractivity contribution in [2.24, 2.45) is 0 Å². The molecule has 1 N–H and O–H groups in total. The molecule has 1 amide bonds. The standard InChI is InChI=1S/C17H24N4O3/c1-4-8-13-18-11(2)14(23-13)15-19-16(21-24-15)17(20-12(3)22)9-6-5-7-10-17/h4-10H2,1-3H3,(H,20,22). The number of carbonyl (C=O) groups excluding carboxylic acids is 1. The van der Waals surface area contributed by atoms with Crippen molar-refractivity contribution in [1.82, 2.24) is 20.4 Å². The topological polar surface area (TPSA) is 94.1 Å². The number of carbonyl (C=O) groups is 1. The van der Waals surface area contributed by atoms with Crippen molar-refractivity contribution in [2.45, 2.75) is 71.3 Å². The number of nitrogens with zero attached hydrogens (tertiary/aromatic N) is 3. The molecule has 24 heavy (non-hydrogen) atoms. The monoisotopic (exact) mass is 332 g/mol. The number of hydrogen-bond acceptors (Lipinski definition) is 6. The maximum Gasteiger partial charge on any atom is 0.295 e. The maximum absolute atomic E-state index is 11.7. The van der Waals surface area contributed by atoms with Gasteiger partial charge in [0.1, 0.15) is 5.54 Å². The van der Waals surface area contributed by atoms with Crippen LogP contribution in [0.3, 0.4) is 0 Å². The van der Waals surface area contributed by atoms with Crippen LogP contribution >= 0.6 is 0 Å². The van der Waals surface area contributed by atoms with E-state index < -0.39 is 5.54 Å². The second-order valence-electron chi connectivity index (χ2n) is 6.52. The first-order chi connectivity index (χ1) is 11.5. The Bertz CT molecular complexity index is 713. The molecule has 2 aromatic rings. The quantitative estimate of drug-likeness (QED) is 0.903. The Labute approximate surface area is 141 Å². The van der Waals surface area contributed by atoms with Gasteiger partial charge in [-0.15, -0.1) is 0 Å². The minimum Gasteiger partial charge on any atom is -0.435 e. The fourth-order valence-corrected chi connectivity index (χ4v) is 3.38. The Morgan fingerprint density at radius 3 is 2.67 bits per heavy atom. The van der Waals surface area contributed by atoms with Gasteiger partial charge in [-0.3, -0.25) is 4.79 Å². The molecule has 7 heteroatoms. The predicted molar refractivity (Wildman–Crippen MR) is 87.1 cm³/mol. The molecule has 0 bridgehead atoms. The molecule has 0 aromatic carbocycles. The number of amides is 1. The van der Waals surface area contributed by atoms with Gasteiger partial charge in [-0.05, 0) is 26.2 Å². The summed E-state index contributed by atoms with van der Waals surface area (Å²) >= 11 is 0. The van der Waals surface area contributed by atoms with Crippen LogP contribution in [0.15, 0.2) is 8.94 Å². The van der Waals surface area contributed by atoms with Crippen molar-refractivity contribution < 1.29 is 13.7 Å². The lowest BCUT2D eigenvalue weighted by atomic mass is 9.81. The lowest BCUT2D eigenvalue weighted by Gasteiger charge is -2.34. The predicted octanol–water partition coefficient (Wildman–Crippen LogP) is 3.28. The van der Waals surface area contributed by atoms with E-state index in [1.54, 1.807) is 0 Å². The Kier molecular flexibility index (Phi) is 4.69. The van der Waals surface area contributed by atoms with Gasteiger partial charge in [0.05, 0.1) is 5.69 Å². The second-order valence-corrected chi connectivity index (χ2v) is 6.52. The third-order valence-electron chi connectivity index (χ3n) is 4.48. The number of aromatic nitrogens is 3. The number of rotatable bonds is 5. The summed E-state index contributed by atoms with van der Waals surface area (Å²) in [5.41, 5.74) is 0.206. The largest absolute Gasteiger partial charge is 0.435 e. The normalized spacial score (nSPS) is 17.0. The van der Waals surface area contributed by atoms with E-state index in [1.807, 2.05) is 6.92 Å². The summed E-state index contributed by atoms with van der Waals surface area (Å²) in [6, 6.07) is 0. The van der Waals surface area contributed by atoms with Crippen molar-refractivity contribution in [3.8, 4) is 11.7 Å². The van der Waals surface area contributed by atoms with E-state index in [2.05, 4.69) is 27.4 Å². The molecule has 2 aromatic heterocycles. The summed E-state index contributed by atoms with van der Waals surface area (Å²) in [6.07, 6.45) is 6.60. The summed E-state index contributed by atoms with van der Waals surface area (Å²) in [5, 5.41) is 7.20. The molecule has 0 saturated heterocycles. The van der Waals surface area contributed by atoms with Crippen LogP contribution in [-0.4, -0.2) is 21.0 Å². The third kappa shape index (κ3) is 3.20. The zero-order valence-corrected chi connectivity index (χ0v) is 14.5. The van der Waals surface area contributed by atoms with Crippen LogP contribution in [0, 0.1) is 6.92 Å². The molecule has 0 radical (unpaired) electrons. The maximum atomic E-state index is 11.7. The smallest absolute Gasteiger partial charge is 0.295 e. The van der Waals surface area contributed by atoms with Gasteiger partial charge in [0.25, 0.3) is 5.89 Å². The summed E-state index contributed by atoms with van der Waals surface area (Å²) in [7, 11) is 0. The lowest BCUT2D eigenvalue weighted by molar-refractivity contribution is -0.121. The molecule has 2 heterocycles. The molecular formula is C17H24N4O3. The average molecular weight is 332 g/mol.